The predicted molar refractivity (Wildman–Crippen MR) is 119 cm³/mol. The molecule has 0 aliphatic carbocycles. The maximum atomic E-state index is 13.1. The molecule has 1 aromatic heterocycles. The van der Waals surface area contributed by atoms with E-state index in [2.05, 4.69) is 9.88 Å². The van der Waals surface area contributed by atoms with Crippen molar-refractivity contribution in [1.82, 2.24) is 14.2 Å². The molecule has 13 heteroatoms. The summed E-state index contributed by atoms with van der Waals surface area (Å²) in [7, 11) is -3.18. The highest BCUT2D eigenvalue weighted by molar-refractivity contribution is 7.88. The highest BCUT2D eigenvalue weighted by Gasteiger charge is 2.71. The summed E-state index contributed by atoms with van der Waals surface area (Å²) in [6, 6.07) is 5.32. The van der Waals surface area contributed by atoms with E-state index in [0.29, 0.717) is 49.3 Å². The first-order valence-electron chi connectivity index (χ1n) is 11.1. The van der Waals surface area contributed by atoms with E-state index in [4.69, 9.17) is 0 Å². The van der Waals surface area contributed by atoms with Crippen molar-refractivity contribution >= 4 is 10.0 Å². The van der Waals surface area contributed by atoms with Gasteiger partial charge in [0.25, 0.3) is 5.60 Å². The molecule has 1 N–H and O–H groups in total. The maximum Gasteiger partial charge on any atom is 0.430 e. The lowest BCUT2D eigenvalue weighted by atomic mass is 9.74. The Balaban J connectivity index is 1.48. The molecular weight excluding hydrogens is 512 g/mol. The fourth-order valence-corrected chi connectivity index (χ4v) is 5.96. The number of alkyl halides is 6. The van der Waals surface area contributed by atoms with Crippen molar-refractivity contribution in [1.29, 1.82) is 0 Å². The van der Waals surface area contributed by atoms with E-state index >= 15 is 0 Å². The van der Waals surface area contributed by atoms with Gasteiger partial charge in [0.15, 0.2) is 0 Å². The van der Waals surface area contributed by atoms with Crippen LogP contribution in [0.2, 0.25) is 0 Å². The summed E-state index contributed by atoms with van der Waals surface area (Å²) >= 11 is 0. The second kappa shape index (κ2) is 8.67. The van der Waals surface area contributed by atoms with Crippen LogP contribution in [0.5, 0.6) is 0 Å². The third-order valence-electron chi connectivity index (χ3n) is 6.86. The lowest BCUT2D eigenvalue weighted by Crippen LogP contribution is -2.72. The first-order valence-corrected chi connectivity index (χ1v) is 13.0. The van der Waals surface area contributed by atoms with Crippen molar-refractivity contribution in [3.8, 4) is 11.1 Å². The highest BCUT2D eigenvalue weighted by atomic mass is 32.2. The summed E-state index contributed by atoms with van der Waals surface area (Å²) < 4.78 is 103. The molecule has 2 aliphatic rings. The van der Waals surface area contributed by atoms with Crippen LogP contribution in [0.4, 0.5) is 26.3 Å². The van der Waals surface area contributed by atoms with E-state index in [1.807, 2.05) is 13.0 Å². The Morgan fingerprint density at radius 2 is 1.56 bits per heavy atom. The van der Waals surface area contributed by atoms with E-state index in [1.165, 1.54) is 16.8 Å². The van der Waals surface area contributed by atoms with Crippen LogP contribution < -0.4 is 0 Å². The minimum absolute atomic E-state index is 0.0207. The van der Waals surface area contributed by atoms with Crippen LogP contribution in [0.3, 0.4) is 0 Å². The number of aryl methyl sites for hydroxylation is 1. The zero-order valence-electron chi connectivity index (χ0n) is 19.5. The molecule has 4 rings (SSSR count). The minimum atomic E-state index is -5.94. The molecule has 2 fully saturated rings. The van der Waals surface area contributed by atoms with Crippen molar-refractivity contribution in [2.75, 3.05) is 32.4 Å². The molecule has 0 bridgehead atoms. The summed E-state index contributed by atoms with van der Waals surface area (Å²) in [6.45, 7) is 4.90. The van der Waals surface area contributed by atoms with Gasteiger partial charge in [-0.05, 0) is 23.6 Å². The van der Waals surface area contributed by atoms with Crippen LogP contribution in [0.25, 0.3) is 11.1 Å². The average molecular weight is 538 g/mol. The quantitative estimate of drug-likeness (QED) is 0.569. The van der Waals surface area contributed by atoms with Gasteiger partial charge in [0.2, 0.25) is 10.0 Å². The van der Waals surface area contributed by atoms with E-state index in [-0.39, 0.29) is 5.41 Å². The molecule has 198 valence electrons. The molecule has 0 saturated carbocycles. The van der Waals surface area contributed by atoms with Crippen molar-refractivity contribution in [2.24, 2.45) is 5.41 Å². The lowest BCUT2D eigenvalue weighted by Gasteiger charge is -2.59. The monoisotopic (exact) mass is 537 g/mol. The lowest BCUT2D eigenvalue weighted by molar-refractivity contribution is -0.376. The van der Waals surface area contributed by atoms with Crippen LogP contribution >= 0.6 is 0 Å². The van der Waals surface area contributed by atoms with Gasteiger partial charge in [0.05, 0.1) is 11.9 Å². The van der Waals surface area contributed by atoms with Crippen molar-refractivity contribution in [2.45, 2.75) is 37.8 Å². The number of halogens is 6. The van der Waals surface area contributed by atoms with Crippen LogP contribution in [0.1, 0.15) is 23.7 Å². The number of aliphatic hydroxyl groups is 1. The average Bonchev–Trinajstić information content (AvgIpc) is 2.71. The number of pyridine rings is 1. The summed E-state index contributed by atoms with van der Waals surface area (Å²) in [6.07, 6.45) is -8.61. The number of nitrogens with zero attached hydrogens (tertiary/aromatic N) is 3. The molecule has 2 saturated heterocycles. The first kappa shape index (κ1) is 26.8. The van der Waals surface area contributed by atoms with Crippen LogP contribution in [0.15, 0.2) is 36.5 Å². The fourth-order valence-electron chi connectivity index (χ4n) is 4.94. The van der Waals surface area contributed by atoms with Crippen molar-refractivity contribution in [3.63, 3.8) is 0 Å². The molecular formula is C23H25F6N3O3S. The largest absolute Gasteiger partial charge is 0.430 e. The number of benzene rings is 1. The number of hydrogen-bond acceptors (Lipinski definition) is 5. The number of hydrogen-bond donors (Lipinski definition) is 1. The summed E-state index contributed by atoms with van der Waals surface area (Å²) in [4.78, 5) is 6.57. The minimum Gasteiger partial charge on any atom is -0.369 e. The molecule has 36 heavy (non-hydrogen) atoms. The Labute approximate surface area is 204 Å². The van der Waals surface area contributed by atoms with Gasteiger partial charge in [0.1, 0.15) is 0 Å². The summed E-state index contributed by atoms with van der Waals surface area (Å²) in [5.74, 6) is 0. The normalized spacial score (nSPS) is 19.2. The van der Waals surface area contributed by atoms with Gasteiger partial charge in [0, 0.05) is 55.5 Å². The Bertz CT molecular complexity index is 1220. The highest BCUT2D eigenvalue weighted by Crippen LogP contribution is 2.50. The Morgan fingerprint density at radius 3 is 2.03 bits per heavy atom. The predicted octanol–water partition coefficient (Wildman–Crippen LogP) is 3.70. The molecule has 3 heterocycles. The Hall–Kier alpha value is -2.22. The van der Waals surface area contributed by atoms with Crippen LogP contribution in [-0.2, 0) is 28.6 Å². The summed E-state index contributed by atoms with van der Waals surface area (Å²) in [5, 5.41) is 9.58. The van der Waals surface area contributed by atoms with Crippen LogP contribution in [-0.4, -0.2) is 72.5 Å². The van der Waals surface area contributed by atoms with E-state index in [9.17, 15) is 39.9 Å². The van der Waals surface area contributed by atoms with Gasteiger partial charge in [-0.1, -0.05) is 31.2 Å². The second-order valence-electron chi connectivity index (χ2n) is 9.65. The van der Waals surface area contributed by atoms with E-state index < -0.39 is 33.5 Å². The van der Waals surface area contributed by atoms with Gasteiger partial charge in [-0.2, -0.15) is 26.3 Å². The molecule has 2 aliphatic heterocycles. The third kappa shape index (κ3) is 4.61. The number of aromatic nitrogens is 1. The Kier molecular flexibility index (Phi) is 6.47. The zero-order valence-corrected chi connectivity index (χ0v) is 20.3. The van der Waals surface area contributed by atoms with Crippen molar-refractivity contribution in [3.05, 3.63) is 53.3 Å². The Morgan fingerprint density at radius 1 is 1.00 bits per heavy atom. The number of rotatable bonds is 6. The number of sulfonamides is 1. The van der Waals surface area contributed by atoms with E-state index in [1.54, 1.807) is 0 Å². The molecule has 0 amide bonds. The molecule has 6 nitrogen and oxygen atoms in total. The third-order valence-corrected chi connectivity index (χ3v) is 8.05. The number of likely N-dealkylation sites (tertiary alicyclic amines) is 1. The molecule has 0 unspecified atom stereocenters. The second-order valence-corrected chi connectivity index (χ2v) is 11.6. The van der Waals surface area contributed by atoms with Gasteiger partial charge in [-0.3, -0.25) is 9.88 Å². The van der Waals surface area contributed by atoms with Gasteiger partial charge < -0.3 is 5.11 Å². The maximum absolute atomic E-state index is 13.1. The molecule has 1 spiro atoms. The van der Waals surface area contributed by atoms with Gasteiger partial charge in [-0.15, -0.1) is 0 Å². The standard InChI is InChI=1S/C23H25F6N3O3S/c1-3-15-8-18(10-31-11-20(12-31)13-32(14-20)36(2,34)35)30-9-19(15)16-4-6-17(7-5-16)21(33,22(24,25)26)23(27,28)29/h4-9,33H,3,10-14H2,1-2H3. The van der Waals surface area contributed by atoms with Gasteiger partial charge in [-0.25, -0.2) is 12.7 Å². The topological polar surface area (TPSA) is 73.7 Å². The van der Waals surface area contributed by atoms with Gasteiger partial charge >= 0.3 is 12.4 Å². The molecule has 1 aromatic carbocycles. The first-order chi connectivity index (χ1) is 16.5. The molecule has 0 radical (unpaired) electrons. The van der Waals surface area contributed by atoms with Crippen molar-refractivity contribution < 1.29 is 39.9 Å². The molecule has 2 aromatic rings. The fraction of sp³-hybridized carbons (Fsp3) is 0.522. The smallest absolute Gasteiger partial charge is 0.369 e. The molecule has 0 atom stereocenters. The van der Waals surface area contributed by atoms with E-state index in [0.717, 1.165) is 36.5 Å². The summed E-state index contributed by atoms with van der Waals surface area (Å²) in [5.41, 5.74) is -3.79. The zero-order chi connectivity index (χ0) is 26.7. The SMILES string of the molecule is CCc1cc(CN2CC3(C2)CN(S(C)(=O)=O)C3)ncc1-c1ccc(C(O)(C(F)(F)F)C(F)(F)F)cc1. The van der Waals surface area contributed by atoms with Crippen LogP contribution in [0, 0.1) is 5.41 Å².